The van der Waals surface area contributed by atoms with Gasteiger partial charge in [-0.25, -0.2) is 4.79 Å². The molecule has 0 aliphatic rings. The lowest BCUT2D eigenvalue weighted by Crippen LogP contribution is -2.15. The Labute approximate surface area is 146 Å². The van der Waals surface area contributed by atoms with E-state index in [4.69, 9.17) is 9.15 Å². The number of rotatable bonds is 4. The number of amides is 1. The van der Waals surface area contributed by atoms with Crippen molar-refractivity contribution in [1.29, 1.82) is 0 Å². The summed E-state index contributed by atoms with van der Waals surface area (Å²) in [5, 5.41) is 3.51. The lowest BCUT2D eigenvalue weighted by molar-refractivity contribution is 0.0527. The summed E-state index contributed by atoms with van der Waals surface area (Å²) in [6.45, 7) is 1.99. The minimum absolute atomic E-state index is 0.168. The second-order valence-corrected chi connectivity index (χ2v) is 5.93. The topological polar surface area (TPSA) is 68.5 Å². The average molecular weight is 388 g/mol. The molecular weight excluding hydrogens is 374 g/mol. The molecule has 3 rings (SSSR count). The van der Waals surface area contributed by atoms with Gasteiger partial charge in [0.05, 0.1) is 17.9 Å². The zero-order valence-electron chi connectivity index (χ0n) is 12.8. The molecule has 0 atom stereocenters. The Balaban J connectivity index is 1.87. The van der Waals surface area contributed by atoms with E-state index in [2.05, 4.69) is 21.2 Å². The minimum atomic E-state index is -0.484. The molecule has 0 fully saturated rings. The van der Waals surface area contributed by atoms with Gasteiger partial charge in [-0.15, -0.1) is 0 Å². The Hall–Kier alpha value is -2.60. The third-order valence-corrected chi connectivity index (χ3v) is 3.87. The van der Waals surface area contributed by atoms with Crippen LogP contribution in [0.15, 0.2) is 57.4 Å². The molecule has 1 amide bonds. The van der Waals surface area contributed by atoms with Crippen LogP contribution in [0, 0.1) is 0 Å². The molecule has 0 spiro atoms. The Bertz CT molecular complexity index is 916. The first kappa shape index (κ1) is 16.3. The number of benzene rings is 2. The second-order valence-electron chi connectivity index (χ2n) is 5.01. The van der Waals surface area contributed by atoms with Crippen LogP contribution in [-0.4, -0.2) is 18.5 Å². The molecule has 0 aliphatic carbocycles. The summed E-state index contributed by atoms with van der Waals surface area (Å²) in [7, 11) is 0. The van der Waals surface area contributed by atoms with Gasteiger partial charge in [-0.05, 0) is 43.3 Å². The molecular formula is C18H14BrNO4. The van der Waals surface area contributed by atoms with E-state index in [0.29, 0.717) is 16.8 Å². The highest BCUT2D eigenvalue weighted by Crippen LogP contribution is 2.24. The number of anilines is 1. The molecule has 122 valence electrons. The maximum absolute atomic E-state index is 12.4. The van der Waals surface area contributed by atoms with Crippen LogP contribution < -0.4 is 5.32 Å². The number of hydrogen-bond donors (Lipinski definition) is 1. The van der Waals surface area contributed by atoms with Crippen LogP contribution in [-0.2, 0) is 4.74 Å². The minimum Gasteiger partial charge on any atom is -0.462 e. The number of halogens is 1. The largest absolute Gasteiger partial charge is 0.462 e. The van der Waals surface area contributed by atoms with E-state index < -0.39 is 11.9 Å². The first-order chi connectivity index (χ1) is 11.6. The number of para-hydroxylation sites is 1. The third kappa shape index (κ3) is 3.33. The van der Waals surface area contributed by atoms with Gasteiger partial charge in [0.1, 0.15) is 5.58 Å². The van der Waals surface area contributed by atoms with E-state index in [-0.39, 0.29) is 12.4 Å². The van der Waals surface area contributed by atoms with Crippen LogP contribution >= 0.6 is 15.9 Å². The number of carbonyl (C=O) groups excluding carboxylic acids is 2. The Morgan fingerprint density at radius 1 is 1.17 bits per heavy atom. The molecule has 3 aromatic rings. The molecule has 0 bridgehead atoms. The predicted octanol–water partition coefficient (Wildman–Crippen LogP) is 4.62. The van der Waals surface area contributed by atoms with Gasteiger partial charge in [0.15, 0.2) is 5.76 Å². The smallest absolute Gasteiger partial charge is 0.340 e. The molecule has 1 heterocycles. The number of ether oxygens (including phenoxy) is 1. The summed E-state index contributed by atoms with van der Waals surface area (Å²) in [5.74, 6) is -0.747. The van der Waals surface area contributed by atoms with E-state index >= 15 is 0 Å². The lowest BCUT2D eigenvalue weighted by atomic mass is 10.1. The fourth-order valence-electron chi connectivity index (χ4n) is 2.29. The number of nitrogens with one attached hydrogen (secondary N) is 1. The molecule has 0 radical (unpaired) electrons. The van der Waals surface area contributed by atoms with Gasteiger partial charge >= 0.3 is 5.97 Å². The summed E-state index contributed by atoms with van der Waals surface area (Å²) >= 11 is 3.38. The van der Waals surface area contributed by atoms with E-state index in [1.807, 2.05) is 12.1 Å². The highest BCUT2D eigenvalue weighted by Gasteiger charge is 2.17. The molecule has 5 nitrogen and oxygen atoms in total. The Morgan fingerprint density at radius 3 is 2.75 bits per heavy atom. The van der Waals surface area contributed by atoms with Crippen molar-refractivity contribution < 1.29 is 18.7 Å². The summed E-state index contributed by atoms with van der Waals surface area (Å²) in [6.07, 6.45) is 0. The number of fused-ring (bicyclic) bond motifs is 1. The standard InChI is InChI=1S/C18H14BrNO4/c1-2-23-18(22)13-5-3-4-6-14(13)20-17(21)16-10-11-9-12(19)7-8-15(11)24-16/h3-10H,2H2,1H3,(H,20,21). The van der Waals surface area contributed by atoms with Gasteiger partial charge in [0, 0.05) is 9.86 Å². The number of hydrogen-bond acceptors (Lipinski definition) is 4. The molecule has 2 aromatic carbocycles. The molecule has 24 heavy (non-hydrogen) atoms. The molecule has 0 saturated carbocycles. The van der Waals surface area contributed by atoms with Crippen molar-refractivity contribution in [2.45, 2.75) is 6.92 Å². The fourth-order valence-corrected chi connectivity index (χ4v) is 2.67. The Kier molecular flexibility index (Phi) is 4.66. The molecule has 1 N–H and O–H groups in total. The second kappa shape index (κ2) is 6.88. The van der Waals surface area contributed by atoms with Crippen LogP contribution in [0.2, 0.25) is 0 Å². The first-order valence-electron chi connectivity index (χ1n) is 7.35. The van der Waals surface area contributed by atoms with Crippen molar-refractivity contribution in [3.05, 3.63) is 64.3 Å². The SMILES string of the molecule is CCOC(=O)c1ccccc1NC(=O)c1cc2cc(Br)ccc2o1. The van der Waals surface area contributed by atoms with Crippen molar-refractivity contribution in [3.8, 4) is 0 Å². The summed E-state index contributed by atoms with van der Waals surface area (Å²) in [4.78, 5) is 24.4. The molecule has 6 heteroatoms. The fraction of sp³-hybridized carbons (Fsp3) is 0.111. The molecule has 1 aromatic heterocycles. The van der Waals surface area contributed by atoms with Gasteiger partial charge in [0.2, 0.25) is 0 Å². The van der Waals surface area contributed by atoms with Crippen LogP contribution in [0.1, 0.15) is 27.8 Å². The quantitative estimate of drug-likeness (QED) is 0.662. The summed E-state index contributed by atoms with van der Waals surface area (Å²) in [5.41, 5.74) is 1.29. The molecule has 0 unspecified atom stereocenters. The number of carbonyl (C=O) groups is 2. The van der Waals surface area contributed by atoms with Crippen LogP contribution in [0.5, 0.6) is 0 Å². The zero-order valence-corrected chi connectivity index (χ0v) is 14.4. The van der Waals surface area contributed by atoms with Crippen molar-refractivity contribution >= 4 is 44.5 Å². The van der Waals surface area contributed by atoms with Crippen molar-refractivity contribution in [2.24, 2.45) is 0 Å². The molecule has 0 saturated heterocycles. The van der Waals surface area contributed by atoms with Crippen LogP contribution in [0.3, 0.4) is 0 Å². The highest BCUT2D eigenvalue weighted by atomic mass is 79.9. The van der Waals surface area contributed by atoms with Crippen molar-refractivity contribution in [2.75, 3.05) is 11.9 Å². The normalized spacial score (nSPS) is 10.6. The van der Waals surface area contributed by atoms with Gasteiger partial charge in [-0.2, -0.15) is 0 Å². The zero-order chi connectivity index (χ0) is 17.1. The van der Waals surface area contributed by atoms with Gasteiger partial charge < -0.3 is 14.5 Å². The van der Waals surface area contributed by atoms with E-state index in [1.165, 1.54) is 0 Å². The summed E-state index contributed by atoms with van der Waals surface area (Å²) < 4.78 is 11.5. The van der Waals surface area contributed by atoms with E-state index in [1.54, 1.807) is 43.3 Å². The van der Waals surface area contributed by atoms with Crippen LogP contribution in [0.4, 0.5) is 5.69 Å². The predicted molar refractivity (Wildman–Crippen MR) is 94.3 cm³/mol. The maximum Gasteiger partial charge on any atom is 0.340 e. The van der Waals surface area contributed by atoms with Crippen molar-refractivity contribution in [3.63, 3.8) is 0 Å². The van der Waals surface area contributed by atoms with Gasteiger partial charge in [0.25, 0.3) is 5.91 Å². The first-order valence-corrected chi connectivity index (χ1v) is 8.14. The van der Waals surface area contributed by atoms with Crippen LogP contribution in [0.25, 0.3) is 11.0 Å². The van der Waals surface area contributed by atoms with Gasteiger partial charge in [-0.3, -0.25) is 4.79 Å². The lowest BCUT2D eigenvalue weighted by Gasteiger charge is -2.09. The highest BCUT2D eigenvalue weighted by molar-refractivity contribution is 9.10. The van der Waals surface area contributed by atoms with Gasteiger partial charge in [-0.1, -0.05) is 28.1 Å². The third-order valence-electron chi connectivity index (χ3n) is 3.37. The van der Waals surface area contributed by atoms with E-state index in [0.717, 1.165) is 9.86 Å². The number of esters is 1. The van der Waals surface area contributed by atoms with Crippen molar-refractivity contribution in [1.82, 2.24) is 0 Å². The molecule has 0 aliphatic heterocycles. The Morgan fingerprint density at radius 2 is 1.96 bits per heavy atom. The number of furan rings is 1. The monoisotopic (exact) mass is 387 g/mol. The average Bonchev–Trinajstić information content (AvgIpc) is 2.98. The van der Waals surface area contributed by atoms with E-state index in [9.17, 15) is 9.59 Å². The maximum atomic E-state index is 12.4. The summed E-state index contributed by atoms with van der Waals surface area (Å²) in [6, 6.07) is 13.8.